The molecule has 4 saturated heterocycles. The average molecular weight is 189 g/mol. The van der Waals surface area contributed by atoms with Crippen molar-refractivity contribution in [1.82, 2.24) is 14.7 Å². The predicted octanol–water partition coefficient (Wildman–Crippen LogP) is 0.158. The van der Waals surface area contributed by atoms with Crippen LogP contribution in [0.5, 0.6) is 0 Å². The van der Waals surface area contributed by atoms with E-state index in [4.69, 9.17) is 11.8 Å². The summed E-state index contributed by atoms with van der Waals surface area (Å²) in [5.41, 5.74) is 0. The van der Waals surface area contributed by atoms with Crippen LogP contribution in [0.2, 0.25) is 0 Å². The van der Waals surface area contributed by atoms with Crippen LogP contribution in [-0.2, 0) is 11.8 Å². The van der Waals surface area contributed by atoms with Crippen LogP contribution < -0.4 is 0 Å². The minimum Gasteiger partial charge on any atom is -0.272 e. The zero-order valence-corrected chi connectivity index (χ0v) is 8.15. The van der Waals surface area contributed by atoms with Crippen molar-refractivity contribution in [2.75, 3.05) is 38.9 Å². The van der Waals surface area contributed by atoms with Crippen LogP contribution in [0.1, 0.15) is 0 Å². The maximum absolute atomic E-state index is 5.68. The molecule has 0 spiro atoms. The number of hydrogen-bond acceptors (Lipinski definition) is 4. The smallest absolute Gasteiger partial charge is 0.0538 e. The molecule has 0 aromatic carbocycles. The zero-order chi connectivity index (χ0) is 7.47. The Bertz CT molecular complexity index is 200. The van der Waals surface area contributed by atoms with Crippen molar-refractivity contribution < 1.29 is 0 Å². The summed E-state index contributed by atoms with van der Waals surface area (Å²) in [6.07, 6.45) is 3.74. The van der Waals surface area contributed by atoms with E-state index in [9.17, 15) is 0 Å². The highest BCUT2D eigenvalue weighted by molar-refractivity contribution is 8.14. The van der Waals surface area contributed by atoms with Gasteiger partial charge in [0.25, 0.3) is 0 Å². The minimum atomic E-state index is -0.959. The fraction of sp³-hybridized carbons (Fsp3) is 1.00. The lowest BCUT2D eigenvalue weighted by Crippen LogP contribution is -2.63. The molecule has 0 aromatic heterocycles. The lowest BCUT2D eigenvalue weighted by Gasteiger charge is -2.56. The van der Waals surface area contributed by atoms with E-state index in [1.54, 1.807) is 0 Å². The molecule has 4 aliphatic heterocycles. The van der Waals surface area contributed by atoms with Gasteiger partial charge in [-0.25, -0.2) is 0 Å². The van der Waals surface area contributed by atoms with Gasteiger partial charge in [0.05, 0.1) is 20.0 Å². The van der Waals surface area contributed by atoms with Gasteiger partial charge in [-0.15, -0.1) is 0 Å². The van der Waals surface area contributed by atoms with Crippen LogP contribution in [0.4, 0.5) is 0 Å². The second-order valence-corrected chi connectivity index (χ2v) is 9.21. The first-order valence-corrected chi connectivity index (χ1v) is 7.34. The summed E-state index contributed by atoms with van der Waals surface area (Å²) < 4.78 is 0. The Morgan fingerprint density at radius 1 is 0.818 bits per heavy atom. The molecule has 5 heteroatoms. The monoisotopic (exact) mass is 189 g/mol. The Labute approximate surface area is 71.9 Å². The van der Waals surface area contributed by atoms with E-state index in [1.807, 2.05) is 0 Å². The quantitative estimate of drug-likeness (QED) is 0.502. The third-order valence-corrected chi connectivity index (χ3v) is 6.36. The summed E-state index contributed by atoms with van der Waals surface area (Å²) in [4.78, 5) is 7.49. The van der Waals surface area contributed by atoms with Crippen molar-refractivity contribution in [3.63, 3.8) is 0 Å². The molecule has 0 aliphatic carbocycles. The standard InChI is InChI=1S/C6H12N3PS/c11-10-4-7-1-8(5-10)3-9(2-7)6-10/h1-6H2. The number of rotatable bonds is 0. The van der Waals surface area contributed by atoms with Crippen molar-refractivity contribution in [3.8, 4) is 0 Å². The van der Waals surface area contributed by atoms with E-state index in [-0.39, 0.29) is 0 Å². The van der Waals surface area contributed by atoms with Gasteiger partial charge in [0, 0.05) is 18.9 Å². The van der Waals surface area contributed by atoms with Crippen molar-refractivity contribution in [3.05, 3.63) is 0 Å². The summed E-state index contributed by atoms with van der Waals surface area (Å²) in [7, 11) is 0. The van der Waals surface area contributed by atoms with E-state index in [1.165, 1.54) is 38.9 Å². The van der Waals surface area contributed by atoms with Crippen LogP contribution in [0.15, 0.2) is 0 Å². The van der Waals surface area contributed by atoms with E-state index in [2.05, 4.69) is 14.7 Å². The summed E-state index contributed by atoms with van der Waals surface area (Å²) >= 11 is 5.68. The van der Waals surface area contributed by atoms with Crippen LogP contribution in [0.3, 0.4) is 0 Å². The van der Waals surface area contributed by atoms with Crippen molar-refractivity contribution in [2.45, 2.75) is 0 Å². The Balaban J connectivity index is 2.00. The van der Waals surface area contributed by atoms with Gasteiger partial charge in [0.2, 0.25) is 0 Å². The molecule has 4 rings (SSSR count). The minimum absolute atomic E-state index is 0.959. The summed E-state index contributed by atoms with van der Waals surface area (Å²) in [6.45, 7) is 3.53. The van der Waals surface area contributed by atoms with E-state index in [0.29, 0.717) is 0 Å². The Morgan fingerprint density at radius 2 is 1.18 bits per heavy atom. The largest absolute Gasteiger partial charge is 0.272 e. The first-order valence-electron chi connectivity index (χ1n) is 3.98. The molecule has 0 radical (unpaired) electrons. The Hall–Kier alpha value is 0.530. The Morgan fingerprint density at radius 3 is 1.45 bits per heavy atom. The summed E-state index contributed by atoms with van der Waals surface area (Å²) in [5.74, 6) is 0. The molecule has 0 amide bonds. The molecular formula is C6H12N3PS. The molecule has 4 bridgehead atoms. The Kier molecular flexibility index (Phi) is 1.31. The van der Waals surface area contributed by atoms with Gasteiger partial charge in [0.1, 0.15) is 0 Å². The molecule has 4 aliphatic rings. The SMILES string of the molecule is S=P12CN3CN(CN(C3)C1)C2. The van der Waals surface area contributed by atoms with E-state index >= 15 is 0 Å². The van der Waals surface area contributed by atoms with Crippen LogP contribution in [0, 0.1) is 0 Å². The molecule has 3 nitrogen and oxygen atoms in total. The molecule has 4 heterocycles. The molecule has 11 heavy (non-hydrogen) atoms. The van der Waals surface area contributed by atoms with Gasteiger partial charge in [0.15, 0.2) is 0 Å². The van der Waals surface area contributed by atoms with Crippen LogP contribution in [-0.4, -0.2) is 53.6 Å². The first kappa shape index (κ1) is 6.98. The van der Waals surface area contributed by atoms with Crippen molar-refractivity contribution >= 4 is 17.8 Å². The maximum Gasteiger partial charge on any atom is 0.0538 e. The normalized spacial score (nSPS) is 60.2. The molecule has 0 N–H and O–H groups in total. The first-order chi connectivity index (χ1) is 5.23. The van der Waals surface area contributed by atoms with Gasteiger partial charge < -0.3 is 0 Å². The number of nitrogens with zero attached hydrogens (tertiary/aromatic N) is 3. The van der Waals surface area contributed by atoms with E-state index < -0.39 is 6.04 Å². The average Bonchev–Trinajstić information content (AvgIpc) is 1.79. The van der Waals surface area contributed by atoms with Crippen LogP contribution >= 0.6 is 6.04 Å². The lowest BCUT2D eigenvalue weighted by molar-refractivity contribution is -0.0254. The fourth-order valence-electron chi connectivity index (χ4n) is 2.48. The van der Waals surface area contributed by atoms with Gasteiger partial charge in [-0.05, 0) is 6.04 Å². The van der Waals surface area contributed by atoms with Gasteiger partial charge in [-0.2, -0.15) is 0 Å². The highest BCUT2D eigenvalue weighted by atomic mass is 32.4. The highest BCUT2D eigenvalue weighted by Crippen LogP contribution is 2.54. The molecule has 62 valence electrons. The second kappa shape index (κ2) is 2.06. The third-order valence-electron chi connectivity index (χ3n) is 2.57. The fourth-order valence-corrected chi connectivity index (χ4v) is 6.94. The summed E-state index contributed by atoms with van der Waals surface area (Å²) in [5, 5.41) is 0. The third kappa shape index (κ3) is 1.01. The van der Waals surface area contributed by atoms with Crippen LogP contribution in [0.25, 0.3) is 0 Å². The maximum atomic E-state index is 5.68. The van der Waals surface area contributed by atoms with Gasteiger partial charge in [-0.3, -0.25) is 14.7 Å². The van der Waals surface area contributed by atoms with E-state index in [0.717, 1.165) is 0 Å². The molecule has 0 unspecified atom stereocenters. The lowest BCUT2D eigenvalue weighted by atomic mass is 10.5. The van der Waals surface area contributed by atoms with Gasteiger partial charge >= 0.3 is 0 Å². The predicted molar refractivity (Wildman–Crippen MR) is 49.0 cm³/mol. The van der Waals surface area contributed by atoms with Crippen molar-refractivity contribution in [1.29, 1.82) is 0 Å². The molecule has 0 aromatic rings. The second-order valence-electron chi connectivity index (χ2n) is 3.92. The van der Waals surface area contributed by atoms with Gasteiger partial charge in [-0.1, -0.05) is 11.8 Å². The van der Waals surface area contributed by atoms with Crippen molar-refractivity contribution in [2.24, 2.45) is 0 Å². The molecule has 0 saturated carbocycles. The molecular weight excluding hydrogens is 177 g/mol. The topological polar surface area (TPSA) is 9.72 Å². The molecule has 0 atom stereocenters. The number of hydrogen-bond donors (Lipinski definition) is 0. The highest BCUT2D eigenvalue weighted by Gasteiger charge is 2.41. The molecule has 4 fully saturated rings. The zero-order valence-electron chi connectivity index (χ0n) is 6.44. The summed E-state index contributed by atoms with van der Waals surface area (Å²) in [6, 6.07) is -0.959.